The van der Waals surface area contributed by atoms with Crippen molar-refractivity contribution in [2.24, 2.45) is 0 Å². The van der Waals surface area contributed by atoms with Crippen molar-refractivity contribution in [3.05, 3.63) is 78.5 Å². The van der Waals surface area contributed by atoms with Crippen LogP contribution in [0.25, 0.3) is 16.6 Å². The Kier molecular flexibility index (Phi) is 4.14. The third-order valence-corrected chi connectivity index (χ3v) is 4.97. The molecule has 0 saturated carbocycles. The monoisotopic (exact) mass is 374 g/mol. The molecule has 0 spiro atoms. The molecule has 0 aliphatic carbocycles. The molecule has 4 aromatic rings. The van der Waals surface area contributed by atoms with Crippen molar-refractivity contribution in [2.45, 2.75) is 6.10 Å². The van der Waals surface area contributed by atoms with Crippen LogP contribution in [0.5, 0.6) is 0 Å². The van der Waals surface area contributed by atoms with E-state index in [-0.39, 0.29) is 12.0 Å². The van der Waals surface area contributed by atoms with Crippen molar-refractivity contribution in [1.29, 1.82) is 0 Å². The average molecular weight is 374 g/mol. The predicted octanol–water partition coefficient (Wildman–Crippen LogP) is 3.20. The number of amides is 1. The van der Waals surface area contributed by atoms with Crippen LogP contribution in [-0.2, 0) is 4.74 Å². The Labute approximate surface area is 161 Å². The summed E-state index contributed by atoms with van der Waals surface area (Å²) in [6.07, 6.45) is 4.61. The lowest BCUT2D eigenvalue weighted by Crippen LogP contribution is -2.42. The van der Waals surface area contributed by atoms with Gasteiger partial charge in [0.15, 0.2) is 0 Å². The third kappa shape index (κ3) is 2.95. The van der Waals surface area contributed by atoms with E-state index < -0.39 is 0 Å². The lowest BCUT2D eigenvalue weighted by molar-refractivity contribution is -0.0241. The number of fused-ring (bicyclic) bond motifs is 1. The third-order valence-electron chi connectivity index (χ3n) is 4.97. The molecule has 140 valence electrons. The molecule has 1 fully saturated rings. The van der Waals surface area contributed by atoms with Crippen molar-refractivity contribution in [1.82, 2.24) is 19.7 Å². The SMILES string of the molecule is O=C(c1ccoc1)N1CCO[C@H](c2nnn3cc(-c4ccccc4)ccc23)C1. The second-order valence-electron chi connectivity index (χ2n) is 6.71. The number of pyridine rings is 1. The number of carbonyl (C=O) groups excluding carboxylic acids is 1. The van der Waals surface area contributed by atoms with Gasteiger partial charge in [-0.15, -0.1) is 5.10 Å². The highest BCUT2D eigenvalue weighted by Crippen LogP contribution is 2.27. The second kappa shape index (κ2) is 6.94. The fourth-order valence-corrected chi connectivity index (χ4v) is 3.51. The predicted molar refractivity (Wildman–Crippen MR) is 102 cm³/mol. The summed E-state index contributed by atoms with van der Waals surface area (Å²) in [5.41, 5.74) is 4.34. The molecule has 28 heavy (non-hydrogen) atoms. The van der Waals surface area contributed by atoms with Crippen molar-refractivity contribution in [3.63, 3.8) is 0 Å². The number of nitrogens with zero attached hydrogens (tertiary/aromatic N) is 4. The number of furan rings is 1. The van der Waals surface area contributed by atoms with Gasteiger partial charge in [0, 0.05) is 18.3 Å². The smallest absolute Gasteiger partial charge is 0.257 e. The molecule has 4 heterocycles. The first-order valence-electron chi connectivity index (χ1n) is 9.13. The molecule has 7 heteroatoms. The maximum atomic E-state index is 12.6. The highest BCUT2D eigenvalue weighted by molar-refractivity contribution is 5.93. The number of hydrogen-bond acceptors (Lipinski definition) is 5. The molecule has 3 aromatic heterocycles. The summed E-state index contributed by atoms with van der Waals surface area (Å²) in [4.78, 5) is 14.4. The normalized spacial score (nSPS) is 17.1. The molecule has 1 atom stereocenters. The molecule has 0 radical (unpaired) electrons. The standard InChI is InChI=1S/C21H18N4O3/c26-21(17-8-10-27-14-17)24-9-11-28-19(13-24)20-18-7-6-16(12-25(18)23-22-20)15-4-2-1-3-5-15/h1-8,10,12,14,19H,9,11,13H2/t19-/m0/s1. The zero-order valence-electron chi connectivity index (χ0n) is 15.1. The minimum atomic E-state index is -0.315. The van der Waals surface area contributed by atoms with Crippen LogP contribution in [0.4, 0.5) is 0 Å². The van der Waals surface area contributed by atoms with Gasteiger partial charge in [-0.3, -0.25) is 4.79 Å². The Morgan fingerprint density at radius 1 is 1.07 bits per heavy atom. The molecule has 5 rings (SSSR count). The van der Waals surface area contributed by atoms with Crippen LogP contribution in [0.2, 0.25) is 0 Å². The maximum Gasteiger partial charge on any atom is 0.257 e. The first-order chi connectivity index (χ1) is 13.8. The lowest BCUT2D eigenvalue weighted by atomic mass is 10.1. The van der Waals surface area contributed by atoms with E-state index in [1.54, 1.807) is 15.5 Å². The Hall–Kier alpha value is -3.45. The van der Waals surface area contributed by atoms with E-state index in [4.69, 9.17) is 9.15 Å². The molecule has 0 bridgehead atoms. The minimum absolute atomic E-state index is 0.0649. The van der Waals surface area contributed by atoms with Crippen molar-refractivity contribution in [3.8, 4) is 11.1 Å². The van der Waals surface area contributed by atoms with Crippen molar-refractivity contribution in [2.75, 3.05) is 19.7 Å². The Bertz CT molecular complexity index is 1110. The Balaban J connectivity index is 1.42. The van der Waals surface area contributed by atoms with Gasteiger partial charge in [0.1, 0.15) is 18.1 Å². The van der Waals surface area contributed by atoms with Gasteiger partial charge in [0.05, 0.1) is 30.5 Å². The molecular formula is C21H18N4O3. The largest absolute Gasteiger partial charge is 0.472 e. The zero-order chi connectivity index (χ0) is 18.9. The lowest BCUT2D eigenvalue weighted by Gasteiger charge is -2.31. The van der Waals surface area contributed by atoms with Crippen LogP contribution in [0.15, 0.2) is 71.7 Å². The molecule has 1 aromatic carbocycles. The number of morpholine rings is 1. The summed E-state index contributed by atoms with van der Waals surface area (Å²) in [5.74, 6) is -0.0649. The average Bonchev–Trinajstić information content (AvgIpc) is 3.43. The number of hydrogen-bond donors (Lipinski definition) is 0. The van der Waals surface area contributed by atoms with Crippen molar-refractivity contribution < 1.29 is 13.9 Å². The molecule has 0 N–H and O–H groups in total. The summed E-state index contributed by atoms with van der Waals surface area (Å²) < 4.78 is 12.7. The number of benzene rings is 1. The van der Waals surface area contributed by atoms with Gasteiger partial charge < -0.3 is 14.1 Å². The van der Waals surface area contributed by atoms with Crippen LogP contribution >= 0.6 is 0 Å². The first kappa shape index (κ1) is 16.7. The topological polar surface area (TPSA) is 72.9 Å². The van der Waals surface area contributed by atoms with Crippen LogP contribution in [0, 0.1) is 0 Å². The summed E-state index contributed by atoms with van der Waals surface area (Å²) in [6.45, 7) is 1.42. The summed E-state index contributed by atoms with van der Waals surface area (Å²) in [6, 6.07) is 15.8. The molecule has 1 aliphatic heterocycles. The van der Waals surface area contributed by atoms with E-state index in [2.05, 4.69) is 28.5 Å². The van der Waals surface area contributed by atoms with Gasteiger partial charge in [-0.2, -0.15) is 0 Å². The van der Waals surface area contributed by atoms with Gasteiger partial charge in [0.25, 0.3) is 5.91 Å². The Morgan fingerprint density at radius 2 is 1.96 bits per heavy atom. The van der Waals surface area contributed by atoms with Gasteiger partial charge in [0.2, 0.25) is 0 Å². The quantitative estimate of drug-likeness (QED) is 0.551. The number of aromatic nitrogens is 3. The first-order valence-corrected chi connectivity index (χ1v) is 9.13. The summed E-state index contributed by atoms with van der Waals surface area (Å²) in [5, 5.41) is 8.61. The number of rotatable bonds is 3. The minimum Gasteiger partial charge on any atom is -0.472 e. The number of ether oxygens (including phenoxy) is 1. The molecule has 0 unspecified atom stereocenters. The van der Waals surface area contributed by atoms with Crippen molar-refractivity contribution >= 4 is 11.4 Å². The molecule has 1 amide bonds. The highest BCUT2D eigenvalue weighted by atomic mass is 16.5. The molecule has 7 nitrogen and oxygen atoms in total. The number of carbonyl (C=O) groups is 1. The van der Waals surface area contributed by atoms with Gasteiger partial charge in [-0.25, -0.2) is 4.52 Å². The zero-order valence-corrected chi connectivity index (χ0v) is 15.1. The second-order valence-corrected chi connectivity index (χ2v) is 6.71. The van der Waals surface area contributed by atoms with E-state index in [0.717, 1.165) is 22.3 Å². The maximum absolute atomic E-state index is 12.6. The van der Waals surface area contributed by atoms with Crippen LogP contribution in [-0.4, -0.2) is 45.3 Å². The van der Waals surface area contributed by atoms with E-state index in [1.807, 2.05) is 30.5 Å². The van der Waals surface area contributed by atoms with Gasteiger partial charge in [-0.05, 0) is 17.7 Å². The van der Waals surface area contributed by atoms with E-state index in [9.17, 15) is 4.79 Å². The van der Waals surface area contributed by atoms with Crippen LogP contribution in [0.3, 0.4) is 0 Å². The highest BCUT2D eigenvalue weighted by Gasteiger charge is 2.29. The fourth-order valence-electron chi connectivity index (χ4n) is 3.51. The summed E-state index contributed by atoms with van der Waals surface area (Å²) >= 11 is 0. The Morgan fingerprint density at radius 3 is 2.79 bits per heavy atom. The molecule has 1 saturated heterocycles. The van der Waals surface area contributed by atoms with E-state index >= 15 is 0 Å². The van der Waals surface area contributed by atoms with E-state index in [0.29, 0.717) is 25.3 Å². The van der Waals surface area contributed by atoms with Crippen LogP contribution in [0.1, 0.15) is 22.2 Å². The van der Waals surface area contributed by atoms with E-state index in [1.165, 1.54) is 12.5 Å². The molecular weight excluding hydrogens is 356 g/mol. The fraction of sp³-hybridized carbons (Fsp3) is 0.190. The summed E-state index contributed by atoms with van der Waals surface area (Å²) in [7, 11) is 0. The van der Waals surface area contributed by atoms with Gasteiger partial charge in [-0.1, -0.05) is 41.6 Å². The molecule has 1 aliphatic rings. The van der Waals surface area contributed by atoms with Crippen LogP contribution < -0.4 is 0 Å². The van der Waals surface area contributed by atoms with Gasteiger partial charge >= 0.3 is 0 Å².